The molecule has 3 atom stereocenters. The standard InChI is InChI=1S/C12H17NO/c1-9-7-8-11(13-9)12(14)10-5-3-2-4-6-10/h2-6,9,11-14H,7-8H2,1H3/t9-,11-,12+/m0/s1. The number of hydrogen-bond acceptors (Lipinski definition) is 2. The number of rotatable bonds is 2. The van der Waals surface area contributed by atoms with Crippen LogP contribution >= 0.6 is 0 Å². The lowest BCUT2D eigenvalue weighted by molar-refractivity contribution is 0.135. The van der Waals surface area contributed by atoms with Crippen molar-refractivity contribution in [3.05, 3.63) is 35.9 Å². The third-order valence-electron chi connectivity index (χ3n) is 2.93. The number of nitrogens with one attached hydrogen (secondary N) is 1. The van der Waals surface area contributed by atoms with E-state index in [1.54, 1.807) is 0 Å². The van der Waals surface area contributed by atoms with Crippen molar-refractivity contribution in [3.63, 3.8) is 0 Å². The molecule has 1 aromatic carbocycles. The Morgan fingerprint density at radius 1 is 1.29 bits per heavy atom. The second-order valence-electron chi connectivity index (χ2n) is 4.11. The highest BCUT2D eigenvalue weighted by atomic mass is 16.3. The summed E-state index contributed by atoms with van der Waals surface area (Å²) in [5.41, 5.74) is 1.01. The summed E-state index contributed by atoms with van der Waals surface area (Å²) in [6, 6.07) is 10.6. The Labute approximate surface area is 85.0 Å². The monoisotopic (exact) mass is 191 g/mol. The second kappa shape index (κ2) is 4.11. The molecule has 1 aromatic rings. The minimum Gasteiger partial charge on any atom is -0.387 e. The molecule has 2 rings (SSSR count). The fourth-order valence-corrected chi connectivity index (χ4v) is 2.09. The molecular weight excluding hydrogens is 174 g/mol. The van der Waals surface area contributed by atoms with Crippen LogP contribution in [0.25, 0.3) is 0 Å². The summed E-state index contributed by atoms with van der Waals surface area (Å²) in [6.45, 7) is 2.16. The predicted molar refractivity (Wildman–Crippen MR) is 57.0 cm³/mol. The van der Waals surface area contributed by atoms with Gasteiger partial charge < -0.3 is 10.4 Å². The van der Waals surface area contributed by atoms with Crippen molar-refractivity contribution in [2.45, 2.75) is 38.0 Å². The maximum atomic E-state index is 10.1. The molecule has 0 spiro atoms. The van der Waals surface area contributed by atoms with Crippen molar-refractivity contribution in [2.75, 3.05) is 0 Å². The molecule has 0 aromatic heterocycles. The summed E-state index contributed by atoms with van der Waals surface area (Å²) in [5.74, 6) is 0. The van der Waals surface area contributed by atoms with Crippen LogP contribution in [0, 0.1) is 0 Å². The molecule has 2 N–H and O–H groups in total. The average molecular weight is 191 g/mol. The van der Waals surface area contributed by atoms with Crippen LogP contribution in [0.3, 0.4) is 0 Å². The molecular formula is C12H17NO. The first-order valence-electron chi connectivity index (χ1n) is 5.26. The Hall–Kier alpha value is -0.860. The van der Waals surface area contributed by atoms with E-state index in [4.69, 9.17) is 0 Å². The third kappa shape index (κ3) is 1.97. The molecule has 0 aliphatic carbocycles. The molecule has 1 aliphatic rings. The van der Waals surface area contributed by atoms with Gasteiger partial charge in [-0.25, -0.2) is 0 Å². The fraction of sp³-hybridized carbons (Fsp3) is 0.500. The van der Waals surface area contributed by atoms with Crippen molar-refractivity contribution >= 4 is 0 Å². The Bertz CT molecular complexity index is 286. The molecule has 0 unspecified atom stereocenters. The summed E-state index contributed by atoms with van der Waals surface area (Å²) in [4.78, 5) is 0. The first-order chi connectivity index (χ1) is 6.77. The van der Waals surface area contributed by atoms with Gasteiger partial charge in [0.1, 0.15) is 0 Å². The van der Waals surface area contributed by atoms with E-state index in [-0.39, 0.29) is 12.1 Å². The van der Waals surface area contributed by atoms with Gasteiger partial charge in [0.05, 0.1) is 6.10 Å². The van der Waals surface area contributed by atoms with Crippen molar-refractivity contribution in [1.29, 1.82) is 0 Å². The van der Waals surface area contributed by atoms with Gasteiger partial charge in [0.15, 0.2) is 0 Å². The number of aliphatic hydroxyl groups is 1. The largest absolute Gasteiger partial charge is 0.387 e. The number of hydrogen-bond donors (Lipinski definition) is 2. The molecule has 0 saturated carbocycles. The highest BCUT2D eigenvalue weighted by molar-refractivity contribution is 5.19. The zero-order chi connectivity index (χ0) is 9.97. The van der Waals surface area contributed by atoms with E-state index in [0.29, 0.717) is 6.04 Å². The van der Waals surface area contributed by atoms with Crippen LogP contribution in [0.2, 0.25) is 0 Å². The molecule has 0 amide bonds. The quantitative estimate of drug-likeness (QED) is 0.748. The van der Waals surface area contributed by atoms with Crippen LogP contribution in [0.15, 0.2) is 30.3 Å². The SMILES string of the molecule is C[C@H]1CC[C@@H]([C@H](O)c2ccccc2)N1. The molecule has 0 bridgehead atoms. The van der Waals surface area contributed by atoms with E-state index in [1.807, 2.05) is 30.3 Å². The van der Waals surface area contributed by atoms with Gasteiger partial charge in [-0.05, 0) is 25.3 Å². The minimum atomic E-state index is -0.360. The zero-order valence-electron chi connectivity index (χ0n) is 8.48. The summed E-state index contributed by atoms with van der Waals surface area (Å²) >= 11 is 0. The van der Waals surface area contributed by atoms with Gasteiger partial charge in [0.25, 0.3) is 0 Å². The fourth-order valence-electron chi connectivity index (χ4n) is 2.09. The first-order valence-corrected chi connectivity index (χ1v) is 5.26. The Kier molecular flexibility index (Phi) is 2.85. The summed E-state index contributed by atoms with van der Waals surface area (Å²) < 4.78 is 0. The topological polar surface area (TPSA) is 32.3 Å². The lowest BCUT2D eigenvalue weighted by Gasteiger charge is -2.19. The minimum absolute atomic E-state index is 0.229. The van der Waals surface area contributed by atoms with Gasteiger partial charge in [-0.1, -0.05) is 30.3 Å². The van der Waals surface area contributed by atoms with E-state index >= 15 is 0 Å². The number of benzene rings is 1. The summed E-state index contributed by atoms with van der Waals surface area (Å²) in [5, 5.41) is 13.5. The molecule has 1 saturated heterocycles. The van der Waals surface area contributed by atoms with Gasteiger partial charge in [-0.15, -0.1) is 0 Å². The molecule has 1 aliphatic heterocycles. The van der Waals surface area contributed by atoms with E-state index in [1.165, 1.54) is 0 Å². The van der Waals surface area contributed by atoms with Gasteiger partial charge in [-0.2, -0.15) is 0 Å². The lowest BCUT2D eigenvalue weighted by atomic mass is 10.0. The van der Waals surface area contributed by atoms with Crippen LogP contribution in [0.4, 0.5) is 0 Å². The highest BCUT2D eigenvalue weighted by Gasteiger charge is 2.27. The lowest BCUT2D eigenvalue weighted by Crippen LogP contribution is -2.32. The summed E-state index contributed by atoms with van der Waals surface area (Å²) in [7, 11) is 0. The van der Waals surface area contributed by atoms with Crippen molar-refractivity contribution < 1.29 is 5.11 Å². The second-order valence-corrected chi connectivity index (χ2v) is 4.11. The number of aliphatic hydroxyl groups excluding tert-OH is 1. The molecule has 76 valence electrons. The Morgan fingerprint density at radius 2 is 2.00 bits per heavy atom. The predicted octanol–water partition coefficient (Wildman–Crippen LogP) is 1.86. The van der Waals surface area contributed by atoms with Gasteiger partial charge in [0, 0.05) is 12.1 Å². The Balaban J connectivity index is 2.05. The van der Waals surface area contributed by atoms with E-state index in [0.717, 1.165) is 18.4 Å². The first kappa shape index (κ1) is 9.69. The molecule has 2 nitrogen and oxygen atoms in total. The molecule has 1 fully saturated rings. The third-order valence-corrected chi connectivity index (χ3v) is 2.93. The van der Waals surface area contributed by atoms with Crippen molar-refractivity contribution in [3.8, 4) is 0 Å². The maximum absolute atomic E-state index is 10.1. The molecule has 0 radical (unpaired) electrons. The van der Waals surface area contributed by atoms with Crippen LogP contribution in [0.1, 0.15) is 31.4 Å². The summed E-state index contributed by atoms with van der Waals surface area (Å²) in [6.07, 6.45) is 1.87. The van der Waals surface area contributed by atoms with Crippen molar-refractivity contribution in [1.82, 2.24) is 5.32 Å². The molecule has 2 heteroatoms. The van der Waals surface area contributed by atoms with Crippen LogP contribution < -0.4 is 5.32 Å². The smallest absolute Gasteiger partial charge is 0.0943 e. The van der Waals surface area contributed by atoms with Gasteiger partial charge >= 0.3 is 0 Å². The molecule has 1 heterocycles. The maximum Gasteiger partial charge on any atom is 0.0943 e. The average Bonchev–Trinajstić information content (AvgIpc) is 2.65. The van der Waals surface area contributed by atoms with Crippen LogP contribution in [-0.2, 0) is 0 Å². The van der Waals surface area contributed by atoms with Crippen LogP contribution in [-0.4, -0.2) is 17.2 Å². The van der Waals surface area contributed by atoms with E-state index in [2.05, 4.69) is 12.2 Å². The van der Waals surface area contributed by atoms with Gasteiger partial charge in [0.2, 0.25) is 0 Å². The van der Waals surface area contributed by atoms with Gasteiger partial charge in [-0.3, -0.25) is 0 Å². The zero-order valence-corrected chi connectivity index (χ0v) is 8.48. The Morgan fingerprint density at radius 3 is 2.57 bits per heavy atom. The highest BCUT2D eigenvalue weighted by Crippen LogP contribution is 2.24. The molecule has 14 heavy (non-hydrogen) atoms. The van der Waals surface area contributed by atoms with Crippen LogP contribution in [0.5, 0.6) is 0 Å². The van der Waals surface area contributed by atoms with E-state index < -0.39 is 0 Å². The normalized spacial score (nSPS) is 29.0. The van der Waals surface area contributed by atoms with Crippen molar-refractivity contribution in [2.24, 2.45) is 0 Å². The van der Waals surface area contributed by atoms with E-state index in [9.17, 15) is 5.11 Å².